The van der Waals surface area contributed by atoms with E-state index in [2.05, 4.69) is 21.2 Å². The Morgan fingerprint density at radius 3 is 2.37 bits per heavy atom. The van der Waals surface area contributed by atoms with Crippen molar-refractivity contribution in [3.05, 3.63) is 29.3 Å². The first-order valence-corrected chi connectivity index (χ1v) is 5.96. The van der Waals surface area contributed by atoms with Gasteiger partial charge in [0.1, 0.15) is 0 Å². The molecule has 0 aliphatic rings. The number of halogens is 4. The summed E-state index contributed by atoms with van der Waals surface area (Å²) in [5.41, 5.74) is -1.54. The number of hydrogen-bond acceptors (Lipinski definition) is 2. The Balaban J connectivity index is 3.22. The van der Waals surface area contributed by atoms with E-state index in [1.807, 2.05) is 0 Å². The molecule has 0 aliphatic carbocycles. The van der Waals surface area contributed by atoms with Crippen molar-refractivity contribution in [3.63, 3.8) is 0 Å². The maximum Gasteiger partial charge on any atom is 0.418 e. The molecule has 7 heteroatoms. The standard InChI is InChI=1S/C12H10BrF3N2O/c1-11(2,13)10(19)18-9-4-3-7(6-17)5-8(9)12(14,15)16/h3-5H,1-2H3,(H,18,19). The fraction of sp³-hybridized carbons (Fsp3) is 0.333. The van der Waals surface area contributed by atoms with Crippen LogP contribution < -0.4 is 5.32 Å². The Labute approximate surface area is 116 Å². The molecule has 3 nitrogen and oxygen atoms in total. The largest absolute Gasteiger partial charge is 0.418 e. The molecule has 1 rings (SSSR count). The molecule has 1 amide bonds. The third-order valence-electron chi connectivity index (χ3n) is 2.24. The van der Waals surface area contributed by atoms with E-state index in [-0.39, 0.29) is 11.3 Å². The number of nitrogens with one attached hydrogen (secondary N) is 1. The molecule has 0 saturated heterocycles. The summed E-state index contributed by atoms with van der Waals surface area (Å²) in [4.78, 5) is 11.7. The van der Waals surface area contributed by atoms with Crippen LogP contribution in [0.1, 0.15) is 25.0 Å². The maximum absolute atomic E-state index is 12.8. The van der Waals surface area contributed by atoms with Gasteiger partial charge in [0, 0.05) is 0 Å². The van der Waals surface area contributed by atoms with Crippen molar-refractivity contribution in [1.29, 1.82) is 5.26 Å². The molecule has 0 aliphatic heterocycles. The van der Waals surface area contributed by atoms with E-state index >= 15 is 0 Å². The summed E-state index contributed by atoms with van der Waals surface area (Å²) < 4.78 is 37.5. The maximum atomic E-state index is 12.8. The molecule has 0 saturated carbocycles. The van der Waals surface area contributed by atoms with Crippen molar-refractivity contribution < 1.29 is 18.0 Å². The molecular formula is C12H10BrF3N2O. The average Bonchev–Trinajstić information content (AvgIpc) is 2.26. The molecule has 0 atom stereocenters. The van der Waals surface area contributed by atoms with Crippen molar-refractivity contribution in [1.82, 2.24) is 0 Å². The van der Waals surface area contributed by atoms with Crippen LogP contribution in [0, 0.1) is 11.3 Å². The number of benzene rings is 1. The lowest BCUT2D eigenvalue weighted by Gasteiger charge is -2.19. The highest BCUT2D eigenvalue weighted by Crippen LogP contribution is 2.36. The predicted molar refractivity (Wildman–Crippen MR) is 67.8 cm³/mol. The fourth-order valence-corrected chi connectivity index (χ4v) is 1.33. The molecule has 0 spiro atoms. The lowest BCUT2D eigenvalue weighted by Crippen LogP contribution is -2.31. The van der Waals surface area contributed by atoms with E-state index in [0.29, 0.717) is 6.07 Å². The zero-order valence-corrected chi connectivity index (χ0v) is 11.7. The highest BCUT2D eigenvalue weighted by Gasteiger charge is 2.35. The highest BCUT2D eigenvalue weighted by molar-refractivity contribution is 9.10. The third kappa shape index (κ3) is 3.96. The van der Waals surface area contributed by atoms with Crippen LogP contribution >= 0.6 is 15.9 Å². The smallest absolute Gasteiger partial charge is 0.324 e. The number of anilines is 1. The second-order valence-electron chi connectivity index (χ2n) is 4.30. The number of nitrogens with zero attached hydrogens (tertiary/aromatic N) is 1. The molecule has 19 heavy (non-hydrogen) atoms. The normalized spacial score (nSPS) is 11.8. The number of carbonyl (C=O) groups excluding carboxylic acids is 1. The average molecular weight is 335 g/mol. The van der Waals surface area contributed by atoms with E-state index in [1.54, 1.807) is 6.07 Å². The van der Waals surface area contributed by atoms with Crippen LogP contribution in [0.4, 0.5) is 18.9 Å². The van der Waals surface area contributed by atoms with E-state index in [4.69, 9.17) is 5.26 Å². The monoisotopic (exact) mass is 334 g/mol. The van der Waals surface area contributed by atoms with Gasteiger partial charge in [0.25, 0.3) is 0 Å². The van der Waals surface area contributed by atoms with Gasteiger partial charge in [0.15, 0.2) is 0 Å². The molecule has 0 bridgehead atoms. The lowest BCUT2D eigenvalue weighted by atomic mass is 10.1. The van der Waals surface area contributed by atoms with Gasteiger partial charge < -0.3 is 5.32 Å². The number of nitriles is 1. The van der Waals surface area contributed by atoms with E-state index < -0.39 is 22.0 Å². The summed E-state index contributed by atoms with van der Waals surface area (Å²) in [5, 5.41) is 10.8. The molecule has 0 radical (unpaired) electrons. The summed E-state index contributed by atoms with van der Waals surface area (Å²) in [6, 6.07) is 4.62. The van der Waals surface area contributed by atoms with Crippen LogP contribution in [-0.4, -0.2) is 10.2 Å². The number of rotatable bonds is 2. The Bertz CT molecular complexity index is 541. The molecule has 0 fully saturated rings. The van der Waals surface area contributed by atoms with Gasteiger partial charge in [-0.2, -0.15) is 18.4 Å². The first-order chi connectivity index (χ1) is 8.55. The summed E-state index contributed by atoms with van der Waals surface area (Å²) in [7, 11) is 0. The molecule has 102 valence electrons. The Morgan fingerprint density at radius 1 is 1.37 bits per heavy atom. The highest BCUT2D eigenvalue weighted by atomic mass is 79.9. The van der Waals surface area contributed by atoms with Gasteiger partial charge in [-0.15, -0.1) is 0 Å². The van der Waals surface area contributed by atoms with Crippen molar-refractivity contribution >= 4 is 27.5 Å². The van der Waals surface area contributed by atoms with Crippen molar-refractivity contribution in [3.8, 4) is 6.07 Å². The van der Waals surface area contributed by atoms with Crippen LogP contribution in [0.5, 0.6) is 0 Å². The number of alkyl halides is 4. The molecular weight excluding hydrogens is 325 g/mol. The van der Waals surface area contributed by atoms with Gasteiger partial charge in [0.2, 0.25) is 5.91 Å². The lowest BCUT2D eigenvalue weighted by molar-refractivity contribution is -0.137. The Morgan fingerprint density at radius 2 is 1.95 bits per heavy atom. The predicted octanol–water partition coefficient (Wildman–Crippen LogP) is 3.69. The molecule has 1 aromatic carbocycles. The van der Waals surface area contributed by atoms with Gasteiger partial charge in [-0.1, -0.05) is 15.9 Å². The molecule has 1 N–H and O–H groups in total. The minimum atomic E-state index is -4.65. The van der Waals surface area contributed by atoms with Gasteiger partial charge in [-0.05, 0) is 32.0 Å². The second-order valence-corrected chi connectivity index (χ2v) is 6.28. The quantitative estimate of drug-likeness (QED) is 0.838. The zero-order valence-electron chi connectivity index (χ0n) is 10.1. The van der Waals surface area contributed by atoms with Crippen molar-refractivity contribution in [2.75, 3.05) is 5.32 Å². The zero-order chi connectivity index (χ0) is 14.8. The topological polar surface area (TPSA) is 52.9 Å². The summed E-state index contributed by atoms with van der Waals surface area (Å²) >= 11 is 3.06. The van der Waals surface area contributed by atoms with Gasteiger partial charge in [-0.25, -0.2) is 0 Å². The number of carbonyl (C=O) groups is 1. The molecule has 0 heterocycles. The van der Waals surface area contributed by atoms with Gasteiger partial charge >= 0.3 is 6.18 Å². The summed E-state index contributed by atoms with van der Waals surface area (Å²) in [6.45, 7) is 3.03. The van der Waals surface area contributed by atoms with E-state index in [1.165, 1.54) is 19.9 Å². The second kappa shape index (κ2) is 5.21. The van der Waals surface area contributed by atoms with Crippen LogP contribution in [0.15, 0.2) is 18.2 Å². The number of hydrogen-bond donors (Lipinski definition) is 1. The third-order valence-corrected chi connectivity index (χ3v) is 2.60. The van der Waals surface area contributed by atoms with E-state index in [9.17, 15) is 18.0 Å². The van der Waals surface area contributed by atoms with Gasteiger partial charge in [-0.3, -0.25) is 4.79 Å². The van der Waals surface area contributed by atoms with Crippen molar-refractivity contribution in [2.24, 2.45) is 0 Å². The molecule has 0 unspecified atom stereocenters. The van der Waals surface area contributed by atoms with Crippen LogP contribution in [0.3, 0.4) is 0 Å². The van der Waals surface area contributed by atoms with Crippen molar-refractivity contribution in [2.45, 2.75) is 24.3 Å². The Kier molecular flexibility index (Phi) is 4.25. The summed E-state index contributed by atoms with van der Waals surface area (Å²) in [6.07, 6.45) is -4.65. The van der Waals surface area contributed by atoms with E-state index in [0.717, 1.165) is 6.07 Å². The first-order valence-electron chi connectivity index (χ1n) is 5.17. The summed E-state index contributed by atoms with van der Waals surface area (Å²) in [5.74, 6) is -0.609. The van der Waals surface area contributed by atoms with Crippen LogP contribution in [0.25, 0.3) is 0 Å². The minimum Gasteiger partial charge on any atom is -0.324 e. The van der Waals surface area contributed by atoms with Crippen LogP contribution in [0.2, 0.25) is 0 Å². The Hall–Kier alpha value is -1.55. The molecule has 1 aromatic rings. The minimum absolute atomic E-state index is 0.122. The van der Waals surface area contributed by atoms with Crippen LogP contribution in [-0.2, 0) is 11.0 Å². The number of amides is 1. The molecule has 0 aromatic heterocycles. The first kappa shape index (κ1) is 15.5. The SMILES string of the molecule is CC(C)(Br)C(=O)Nc1ccc(C#N)cc1C(F)(F)F. The van der Waals surface area contributed by atoms with Gasteiger partial charge in [0.05, 0.1) is 27.2 Å². The fourth-order valence-electron chi connectivity index (χ4n) is 1.23.